The summed E-state index contributed by atoms with van der Waals surface area (Å²) in [7, 11) is 0. The second-order valence-electron chi connectivity index (χ2n) is 5.10. The number of carbonyl (C=O) groups excluding carboxylic acids is 1. The van der Waals surface area contributed by atoms with Crippen LogP contribution in [0.15, 0.2) is 0 Å². The van der Waals surface area contributed by atoms with E-state index < -0.39 is 0 Å². The predicted octanol–water partition coefficient (Wildman–Crippen LogP) is 0.962. The van der Waals surface area contributed by atoms with E-state index in [1.165, 1.54) is 0 Å². The summed E-state index contributed by atoms with van der Waals surface area (Å²) in [5.74, 6) is 0.779. The number of piperidine rings is 1. The quantitative estimate of drug-likeness (QED) is 0.728. The average molecular weight is 241 g/mol. The molecule has 0 saturated carbocycles. The molecule has 4 nitrogen and oxygen atoms in total. The van der Waals surface area contributed by atoms with Gasteiger partial charge in [0.2, 0.25) is 5.91 Å². The van der Waals surface area contributed by atoms with Crippen molar-refractivity contribution in [1.82, 2.24) is 10.2 Å². The summed E-state index contributed by atoms with van der Waals surface area (Å²) in [4.78, 5) is 13.9. The molecule has 0 unspecified atom stereocenters. The van der Waals surface area contributed by atoms with E-state index >= 15 is 0 Å². The van der Waals surface area contributed by atoms with Crippen molar-refractivity contribution in [3.05, 3.63) is 0 Å². The Morgan fingerprint density at radius 2 is 1.94 bits per heavy atom. The summed E-state index contributed by atoms with van der Waals surface area (Å²) in [6.07, 6.45) is 4.30. The van der Waals surface area contributed by atoms with Crippen molar-refractivity contribution < 1.29 is 4.79 Å². The second kappa shape index (κ2) is 7.67. The minimum atomic E-state index is 0.160. The third-order valence-corrected chi connectivity index (χ3v) is 3.74. The number of amides is 1. The van der Waals surface area contributed by atoms with E-state index in [1.54, 1.807) is 0 Å². The van der Waals surface area contributed by atoms with Crippen molar-refractivity contribution in [2.45, 2.75) is 45.6 Å². The Morgan fingerprint density at radius 1 is 1.35 bits per heavy atom. The summed E-state index contributed by atoms with van der Waals surface area (Å²) in [6, 6.07) is 0.332. The van der Waals surface area contributed by atoms with Crippen LogP contribution in [-0.4, -0.2) is 43.0 Å². The summed E-state index contributed by atoms with van der Waals surface area (Å²) < 4.78 is 0. The van der Waals surface area contributed by atoms with Crippen LogP contribution >= 0.6 is 0 Å². The molecule has 0 aromatic heterocycles. The molecule has 0 atom stereocenters. The summed E-state index contributed by atoms with van der Waals surface area (Å²) in [5.41, 5.74) is 5.83. The van der Waals surface area contributed by atoms with Gasteiger partial charge >= 0.3 is 0 Å². The number of hydrogen-bond acceptors (Lipinski definition) is 3. The zero-order valence-corrected chi connectivity index (χ0v) is 11.2. The van der Waals surface area contributed by atoms with Gasteiger partial charge in [0.05, 0.1) is 6.54 Å². The molecule has 0 radical (unpaired) electrons. The first-order valence-corrected chi connectivity index (χ1v) is 6.90. The number of nitrogens with two attached hydrogens (primary N) is 1. The lowest BCUT2D eigenvalue weighted by molar-refractivity contribution is -0.122. The van der Waals surface area contributed by atoms with Crippen LogP contribution in [0.4, 0.5) is 0 Å². The highest BCUT2D eigenvalue weighted by molar-refractivity contribution is 5.78. The largest absolute Gasteiger partial charge is 0.355 e. The van der Waals surface area contributed by atoms with Crippen molar-refractivity contribution in [3.8, 4) is 0 Å². The molecular formula is C13H27N3O. The van der Waals surface area contributed by atoms with Gasteiger partial charge in [-0.1, -0.05) is 26.7 Å². The molecule has 100 valence electrons. The smallest absolute Gasteiger partial charge is 0.234 e. The van der Waals surface area contributed by atoms with Crippen LogP contribution in [0.2, 0.25) is 0 Å². The molecule has 0 spiro atoms. The molecule has 1 amide bonds. The highest BCUT2D eigenvalue weighted by atomic mass is 16.2. The van der Waals surface area contributed by atoms with Gasteiger partial charge < -0.3 is 11.1 Å². The standard InChI is InChI=1S/C13H27N3O/c1-3-11(4-2)9-15-13(17)10-16-7-5-12(14)6-8-16/h11-12H,3-10,14H2,1-2H3,(H,15,17). The van der Waals surface area contributed by atoms with Crippen molar-refractivity contribution in [3.63, 3.8) is 0 Å². The topological polar surface area (TPSA) is 58.4 Å². The van der Waals surface area contributed by atoms with Gasteiger partial charge in [-0.3, -0.25) is 9.69 Å². The summed E-state index contributed by atoms with van der Waals surface area (Å²) in [6.45, 7) is 7.61. The van der Waals surface area contributed by atoms with Crippen molar-refractivity contribution >= 4 is 5.91 Å². The first-order chi connectivity index (χ1) is 8.15. The Kier molecular flexibility index (Phi) is 6.52. The monoisotopic (exact) mass is 241 g/mol. The molecule has 1 aliphatic heterocycles. The first-order valence-electron chi connectivity index (χ1n) is 6.90. The Balaban J connectivity index is 2.16. The number of nitrogens with zero attached hydrogens (tertiary/aromatic N) is 1. The Morgan fingerprint density at radius 3 is 2.47 bits per heavy atom. The van der Waals surface area contributed by atoms with E-state index in [0.717, 1.165) is 45.3 Å². The number of nitrogens with one attached hydrogen (secondary N) is 1. The normalized spacial score (nSPS) is 18.6. The molecule has 0 aliphatic carbocycles. The van der Waals surface area contributed by atoms with Crippen molar-refractivity contribution in [2.24, 2.45) is 11.7 Å². The Bertz CT molecular complexity index is 221. The lowest BCUT2D eigenvalue weighted by Gasteiger charge is -2.29. The van der Waals surface area contributed by atoms with E-state index in [1.807, 2.05) is 0 Å². The fourth-order valence-electron chi connectivity index (χ4n) is 2.21. The van der Waals surface area contributed by atoms with E-state index in [-0.39, 0.29) is 5.91 Å². The zero-order chi connectivity index (χ0) is 12.7. The van der Waals surface area contributed by atoms with Crippen LogP contribution in [0, 0.1) is 5.92 Å². The van der Waals surface area contributed by atoms with E-state index in [0.29, 0.717) is 18.5 Å². The maximum Gasteiger partial charge on any atom is 0.234 e. The fourth-order valence-corrected chi connectivity index (χ4v) is 2.21. The summed E-state index contributed by atoms with van der Waals surface area (Å²) in [5, 5.41) is 3.03. The van der Waals surface area contributed by atoms with Crippen LogP contribution < -0.4 is 11.1 Å². The number of likely N-dealkylation sites (tertiary alicyclic amines) is 1. The van der Waals surface area contributed by atoms with Crippen molar-refractivity contribution in [2.75, 3.05) is 26.2 Å². The highest BCUT2D eigenvalue weighted by Crippen LogP contribution is 2.08. The first kappa shape index (κ1) is 14.5. The molecule has 1 saturated heterocycles. The maximum absolute atomic E-state index is 11.7. The van der Waals surface area contributed by atoms with Gasteiger partial charge in [0, 0.05) is 25.7 Å². The van der Waals surface area contributed by atoms with Crippen LogP contribution in [0.1, 0.15) is 39.5 Å². The molecule has 1 fully saturated rings. The Labute approximate surface area is 105 Å². The lowest BCUT2D eigenvalue weighted by Crippen LogP contribution is -2.45. The van der Waals surface area contributed by atoms with Gasteiger partial charge in [-0.05, 0) is 18.8 Å². The number of hydrogen-bond donors (Lipinski definition) is 2. The third kappa shape index (κ3) is 5.50. The van der Waals surface area contributed by atoms with Gasteiger partial charge in [0.25, 0.3) is 0 Å². The van der Waals surface area contributed by atoms with Gasteiger partial charge in [-0.15, -0.1) is 0 Å². The molecular weight excluding hydrogens is 214 g/mol. The predicted molar refractivity (Wildman–Crippen MR) is 70.7 cm³/mol. The van der Waals surface area contributed by atoms with E-state index in [9.17, 15) is 4.79 Å². The summed E-state index contributed by atoms with van der Waals surface area (Å²) >= 11 is 0. The third-order valence-electron chi connectivity index (χ3n) is 3.74. The minimum absolute atomic E-state index is 0.160. The maximum atomic E-state index is 11.7. The van der Waals surface area contributed by atoms with Crippen LogP contribution in [0.25, 0.3) is 0 Å². The number of rotatable bonds is 6. The molecule has 3 N–H and O–H groups in total. The molecule has 0 aromatic carbocycles. The van der Waals surface area contributed by atoms with Gasteiger partial charge in [-0.2, -0.15) is 0 Å². The van der Waals surface area contributed by atoms with Crippen molar-refractivity contribution in [1.29, 1.82) is 0 Å². The minimum Gasteiger partial charge on any atom is -0.355 e. The van der Waals surface area contributed by atoms with Gasteiger partial charge in [0.1, 0.15) is 0 Å². The molecule has 4 heteroatoms. The molecule has 0 bridgehead atoms. The van der Waals surface area contributed by atoms with Gasteiger partial charge in [-0.25, -0.2) is 0 Å². The van der Waals surface area contributed by atoms with E-state index in [4.69, 9.17) is 5.73 Å². The Hall–Kier alpha value is -0.610. The van der Waals surface area contributed by atoms with Crippen LogP contribution in [0.5, 0.6) is 0 Å². The molecule has 0 aromatic rings. The molecule has 1 rings (SSSR count). The number of carbonyl (C=O) groups is 1. The zero-order valence-electron chi connectivity index (χ0n) is 11.2. The van der Waals surface area contributed by atoms with Crippen LogP contribution in [-0.2, 0) is 4.79 Å². The molecule has 1 heterocycles. The lowest BCUT2D eigenvalue weighted by atomic mass is 10.0. The molecule has 1 aliphatic rings. The highest BCUT2D eigenvalue weighted by Gasteiger charge is 2.18. The molecule has 17 heavy (non-hydrogen) atoms. The van der Waals surface area contributed by atoms with Crippen LogP contribution in [0.3, 0.4) is 0 Å². The average Bonchev–Trinajstić information content (AvgIpc) is 2.33. The SMILES string of the molecule is CCC(CC)CNC(=O)CN1CCC(N)CC1. The second-order valence-corrected chi connectivity index (χ2v) is 5.10. The van der Waals surface area contributed by atoms with E-state index in [2.05, 4.69) is 24.1 Å². The van der Waals surface area contributed by atoms with Gasteiger partial charge in [0.15, 0.2) is 0 Å². The fraction of sp³-hybridized carbons (Fsp3) is 0.923.